The van der Waals surface area contributed by atoms with Gasteiger partial charge in [-0.3, -0.25) is 9.69 Å². The number of amides is 1. The molecule has 1 N–H and O–H groups in total. The van der Waals surface area contributed by atoms with Crippen LogP contribution in [0.25, 0.3) is 0 Å². The van der Waals surface area contributed by atoms with Crippen LogP contribution < -0.4 is 5.32 Å². The number of carbonyl (C=O) groups is 1. The third-order valence-electron chi connectivity index (χ3n) is 5.30. The molecule has 122 valence electrons. The quantitative estimate of drug-likeness (QED) is 0.929. The third-order valence-corrected chi connectivity index (χ3v) is 5.85. The number of nitrogens with zero attached hydrogens (tertiary/aromatic N) is 3. The highest BCUT2D eigenvalue weighted by molar-refractivity contribution is 7.58. The first-order valence-corrected chi connectivity index (χ1v) is 9.26. The highest BCUT2D eigenvalue weighted by atomic mass is 32.1. The van der Waals surface area contributed by atoms with Crippen molar-refractivity contribution in [2.75, 3.05) is 25.0 Å². The van der Waals surface area contributed by atoms with Gasteiger partial charge in [-0.2, -0.15) is 8.73 Å². The van der Waals surface area contributed by atoms with Gasteiger partial charge in [-0.15, -0.1) is 0 Å². The number of rotatable bonds is 3. The lowest BCUT2D eigenvalue weighted by molar-refractivity contribution is -0.118. The summed E-state index contributed by atoms with van der Waals surface area (Å²) >= 11 is 1.18. The molecule has 1 aromatic rings. The zero-order valence-electron chi connectivity index (χ0n) is 13.2. The molecule has 2 fully saturated rings. The fraction of sp³-hybridized carbons (Fsp3) is 0.588. The molecule has 1 saturated carbocycles. The molecular weight excluding hydrogens is 308 g/mol. The largest absolute Gasteiger partial charge is 0.323 e. The van der Waals surface area contributed by atoms with Crippen LogP contribution in [-0.2, 0) is 16.1 Å². The van der Waals surface area contributed by atoms with Crippen molar-refractivity contribution in [1.29, 1.82) is 0 Å². The van der Waals surface area contributed by atoms with E-state index in [4.69, 9.17) is 0 Å². The van der Waals surface area contributed by atoms with Crippen molar-refractivity contribution in [2.45, 2.75) is 32.1 Å². The highest BCUT2D eigenvalue weighted by Gasteiger charge is 2.31. The average molecular weight is 330 g/mol. The summed E-state index contributed by atoms with van der Waals surface area (Å²) in [5, 5.41) is 3.01. The number of nitrogens with one attached hydrogen (secondary N) is 1. The second kappa shape index (κ2) is 6.53. The van der Waals surface area contributed by atoms with Gasteiger partial charge < -0.3 is 5.32 Å². The van der Waals surface area contributed by atoms with Gasteiger partial charge in [0.1, 0.15) is 11.4 Å². The van der Waals surface area contributed by atoms with E-state index in [1.807, 2.05) is 18.2 Å². The van der Waals surface area contributed by atoms with Crippen molar-refractivity contribution in [3.63, 3.8) is 0 Å². The summed E-state index contributed by atoms with van der Waals surface area (Å²) in [6.45, 7) is 2.62. The minimum atomic E-state index is 0.0553. The standard InChI is InChI=1S/C17H22N4OS/c22-16(18-14-6-3-7-15-17(14)20-23-19-15)11-21-9-8-12-4-1-2-5-13(12)10-21/h3,6-7,12-13H,1-2,4-5,8-11H2,(H,18,22)/t12-,13-/m0/s1. The second-order valence-electron chi connectivity index (χ2n) is 6.81. The molecular formula is C17H22N4OS. The number of fused-ring (bicyclic) bond motifs is 2. The van der Waals surface area contributed by atoms with Crippen molar-refractivity contribution in [2.24, 2.45) is 20.6 Å². The molecule has 1 amide bonds. The van der Waals surface area contributed by atoms with Gasteiger partial charge in [-0.1, -0.05) is 25.3 Å². The number of carbonyl (C=O) groups excluding carboxylic acids is 1. The zero-order chi connectivity index (χ0) is 15.6. The van der Waals surface area contributed by atoms with Crippen LogP contribution in [0.5, 0.6) is 0 Å². The van der Waals surface area contributed by atoms with Crippen molar-refractivity contribution in [3.05, 3.63) is 18.2 Å². The van der Waals surface area contributed by atoms with Crippen LogP contribution in [0.2, 0.25) is 0 Å². The Hall–Kier alpha value is -1.53. The van der Waals surface area contributed by atoms with E-state index in [9.17, 15) is 4.79 Å². The Morgan fingerprint density at radius 1 is 1.22 bits per heavy atom. The third kappa shape index (κ3) is 3.23. The van der Waals surface area contributed by atoms with E-state index in [1.165, 1.54) is 43.5 Å². The second-order valence-corrected chi connectivity index (χ2v) is 7.34. The van der Waals surface area contributed by atoms with Crippen LogP contribution in [0, 0.1) is 11.8 Å². The molecule has 2 aliphatic heterocycles. The number of hydrogen-bond donors (Lipinski definition) is 1. The Balaban J connectivity index is 1.36. The van der Waals surface area contributed by atoms with Crippen LogP contribution in [0.15, 0.2) is 26.9 Å². The van der Waals surface area contributed by atoms with Gasteiger partial charge in [0, 0.05) is 6.54 Å². The van der Waals surface area contributed by atoms with Crippen LogP contribution in [0.1, 0.15) is 32.1 Å². The van der Waals surface area contributed by atoms with Crippen molar-refractivity contribution >= 4 is 34.3 Å². The lowest BCUT2D eigenvalue weighted by Crippen LogP contribution is -2.44. The Morgan fingerprint density at radius 3 is 3.00 bits per heavy atom. The van der Waals surface area contributed by atoms with E-state index in [-0.39, 0.29) is 5.91 Å². The Morgan fingerprint density at radius 2 is 2.09 bits per heavy atom. The molecule has 5 nitrogen and oxygen atoms in total. The van der Waals surface area contributed by atoms with Gasteiger partial charge in [0.2, 0.25) is 5.91 Å². The number of benzene rings is 1. The van der Waals surface area contributed by atoms with Crippen molar-refractivity contribution < 1.29 is 4.79 Å². The molecule has 1 aromatic carbocycles. The molecule has 1 aliphatic carbocycles. The van der Waals surface area contributed by atoms with Gasteiger partial charge in [0.15, 0.2) is 0 Å². The molecule has 1 saturated heterocycles. The Labute approximate surface area is 140 Å². The predicted octanol–water partition coefficient (Wildman–Crippen LogP) is 3.86. The first-order valence-electron chi connectivity index (χ1n) is 8.53. The predicted molar refractivity (Wildman–Crippen MR) is 93.1 cm³/mol. The van der Waals surface area contributed by atoms with E-state index < -0.39 is 0 Å². The van der Waals surface area contributed by atoms with Crippen LogP contribution in [0.4, 0.5) is 17.1 Å². The smallest absolute Gasteiger partial charge is 0.238 e. The van der Waals surface area contributed by atoms with E-state index in [2.05, 4.69) is 18.9 Å². The fourth-order valence-electron chi connectivity index (χ4n) is 4.12. The highest BCUT2D eigenvalue weighted by Crippen LogP contribution is 2.38. The summed E-state index contributed by atoms with van der Waals surface area (Å²) in [5.74, 6) is 1.76. The minimum Gasteiger partial charge on any atom is -0.323 e. The van der Waals surface area contributed by atoms with E-state index >= 15 is 0 Å². The van der Waals surface area contributed by atoms with Crippen LogP contribution >= 0.6 is 0 Å². The average Bonchev–Trinajstić information content (AvgIpc) is 3.04. The molecule has 2 heterocycles. The number of anilines is 1. The molecule has 0 spiro atoms. The van der Waals surface area contributed by atoms with E-state index in [0.29, 0.717) is 6.54 Å². The zero-order valence-corrected chi connectivity index (χ0v) is 14.0. The maximum atomic E-state index is 12.4. The van der Waals surface area contributed by atoms with Gasteiger partial charge >= 0.3 is 0 Å². The van der Waals surface area contributed by atoms with Crippen molar-refractivity contribution in [1.82, 2.24) is 4.90 Å². The summed E-state index contributed by atoms with van der Waals surface area (Å²) in [6.07, 6.45) is 6.74. The van der Waals surface area contributed by atoms with E-state index in [0.717, 1.165) is 42.0 Å². The van der Waals surface area contributed by atoms with Gasteiger partial charge in [0.25, 0.3) is 0 Å². The lowest BCUT2D eigenvalue weighted by Gasteiger charge is -2.41. The minimum absolute atomic E-state index is 0.0553. The molecule has 4 rings (SSSR count). The molecule has 0 radical (unpaired) electrons. The number of hydrogen-bond acceptors (Lipinski definition) is 4. The Bertz CT molecular complexity index is 683. The lowest BCUT2D eigenvalue weighted by atomic mass is 9.75. The maximum Gasteiger partial charge on any atom is 0.238 e. The topological polar surface area (TPSA) is 57.1 Å². The molecule has 0 bridgehead atoms. The SMILES string of the molecule is O=C(CN1CC[C@@H]2CCCC[C@H]2C1)Nc1cccc2c1N=S=N2. The first-order chi connectivity index (χ1) is 11.3. The summed E-state index contributed by atoms with van der Waals surface area (Å²) in [6, 6.07) is 5.73. The fourth-order valence-corrected chi connectivity index (χ4v) is 4.67. The van der Waals surface area contributed by atoms with Gasteiger partial charge in [-0.25, -0.2) is 0 Å². The summed E-state index contributed by atoms with van der Waals surface area (Å²) in [7, 11) is 0. The summed E-state index contributed by atoms with van der Waals surface area (Å²) in [5.41, 5.74) is 2.40. The monoisotopic (exact) mass is 330 g/mol. The van der Waals surface area contributed by atoms with Gasteiger partial charge in [-0.05, 0) is 43.4 Å². The molecule has 2 atom stereocenters. The Kier molecular flexibility index (Phi) is 4.27. The molecule has 3 aliphatic rings. The molecule has 23 heavy (non-hydrogen) atoms. The molecule has 0 unspecified atom stereocenters. The molecule has 6 heteroatoms. The number of likely N-dealkylation sites (tertiary alicyclic amines) is 1. The van der Waals surface area contributed by atoms with Crippen LogP contribution in [-0.4, -0.2) is 30.4 Å². The normalized spacial score (nSPS) is 26.3. The van der Waals surface area contributed by atoms with Gasteiger partial charge in [0.05, 0.1) is 23.6 Å². The number of piperidine rings is 1. The van der Waals surface area contributed by atoms with Crippen molar-refractivity contribution in [3.8, 4) is 0 Å². The summed E-state index contributed by atoms with van der Waals surface area (Å²) < 4.78 is 8.49. The maximum absolute atomic E-state index is 12.4. The summed E-state index contributed by atoms with van der Waals surface area (Å²) in [4.78, 5) is 14.7. The van der Waals surface area contributed by atoms with Crippen LogP contribution in [0.3, 0.4) is 0 Å². The first kappa shape index (κ1) is 15.0. The van der Waals surface area contributed by atoms with E-state index in [1.54, 1.807) is 0 Å². The molecule has 0 aromatic heterocycles.